The van der Waals surface area contributed by atoms with Crippen molar-refractivity contribution in [2.24, 2.45) is 0 Å². The Labute approximate surface area is 175 Å². The lowest BCUT2D eigenvalue weighted by Gasteiger charge is -2.13. The fraction of sp³-hybridized carbons (Fsp3) is 0.227. The molecule has 6 nitrogen and oxygen atoms in total. The van der Waals surface area contributed by atoms with Crippen molar-refractivity contribution in [1.29, 1.82) is 0 Å². The van der Waals surface area contributed by atoms with E-state index >= 15 is 0 Å². The van der Waals surface area contributed by atoms with Gasteiger partial charge >= 0.3 is 0 Å². The van der Waals surface area contributed by atoms with E-state index in [1.54, 1.807) is 6.07 Å². The Morgan fingerprint density at radius 2 is 1.83 bits per heavy atom. The Bertz CT molecular complexity index is 1030. The minimum absolute atomic E-state index is 0.282. The van der Waals surface area contributed by atoms with Gasteiger partial charge in [-0.3, -0.25) is 15.6 Å². The van der Waals surface area contributed by atoms with Gasteiger partial charge in [0.1, 0.15) is 5.75 Å². The highest BCUT2D eigenvalue weighted by atomic mass is 32.1. The average molecular weight is 409 g/mol. The number of hydrogen-bond acceptors (Lipinski definition) is 4. The molecule has 0 bridgehead atoms. The van der Waals surface area contributed by atoms with Crippen LogP contribution in [0.1, 0.15) is 29.8 Å². The molecule has 0 fully saturated rings. The minimum atomic E-state index is -0.282. The predicted octanol–water partition coefficient (Wildman–Crippen LogP) is 3.74. The molecule has 0 aliphatic rings. The van der Waals surface area contributed by atoms with Gasteiger partial charge in [-0.15, -0.1) is 0 Å². The van der Waals surface area contributed by atoms with Crippen molar-refractivity contribution in [2.45, 2.75) is 20.8 Å². The zero-order valence-corrected chi connectivity index (χ0v) is 17.5. The molecule has 0 atom stereocenters. The van der Waals surface area contributed by atoms with E-state index in [0.717, 1.165) is 27.8 Å². The number of nitrogens with zero attached hydrogens (tertiary/aromatic N) is 1. The first-order valence-corrected chi connectivity index (χ1v) is 9.91. The van der Waals surface area contributed by atoms with Crippen LogP contribution >= 0.6 is 12.2 Å². The lowest BCUT2D eigenvalue weighted by molar-refractivity contribution is 0.0945. The van der Waals surface area contributed by atoms with Crippen LogP contribution in [-0.4, -0.2) is 29.2 Å². The highest BCUT2D eigenvalue weighted by Gasteiger charge is 2.15. The first-order valence-electron chi connectivity index (χ1n) is 9.50. The normalized spacial score (nSPS) is 10.4. The molecule has 1 amide bonds. The fourth-order valence-electron chi connectivity index (χ4n) is 2.95. The number of carbonyl (C=O) groups excluding carboxylic acids is 1. The summed E-state index contributed by atoms with van der Waals surface area (Å²) in [5, 5.41) is 4.08. The topological polar surface area (TPSA) is 75.3 Å². The van der Waals surface area contributed by atoms with Crippen molar-refractivity contribution in [1.82, 2.24) is 21.2 Å². The Balaban J connectivity index is 1.99. The van der Waals surface area contributed by atoms with E-state index in [4.69, 9.17) is 21.9 Å². The van der Waals surface area contributed by atoms with Crippen molar-refractivity contribution < 1.29 is 9.53 Å². The van der Waals surface area contributed by atoms with Gasteiger partial charge in [-0.25, -0.2) is 4.98 Å². The number of amides is 1. The third kappa shape index (κ3) is 5.00. The van der Waals surface area contributed by atoms with Gasteiger partial charge < -0.3 is 10.1 Å². The summed E-state index contributed by atoms with van der Waals surface area (Å²) in [6.45, 7) is 7.14. The van der Waals surface area contributed by atoms with E-state index in [0.29, 0.717) is 29.5 Å². The zero-order valence-electron chi connectivity index (χ0n) is 16.7. The van der Waals surface area contributed by atoms with E-state index < -0.39 is 0 Å². The molecule has 3 aromatic rings. The predicted molar refractivity (Wildman–Crippen MR) is 120 cm³/mol. The van der Waals surface area contributed by atoms with Crippen LogP contribution in [0.3, 0.4) is 0 Å². The quantitative estimate of drug-likeness (QED) is 0.441. The summed E-state index contributed by atoms with van der Waals surface area (Å²) >= 11 is 5.11. The monoisotopic (exact) mass is 408 g/mol. The summed E-state index contributed by atoms with van der Waals surface area (Å²) in [4.78, 5) is 17.6. The molecule has 0 saturated heterocycles. The first kappa shape index (κ1) is 20.5. The van der Waals surface area contributed by atoms with E-state index in [2.05, 4.69) is 16.2 Å². The van der Waals surface area contributed by atoms with Gasteiger partial charge in [0, 0.05) is 17.5 Å². The summed E-state index contributed by atoms with van der Waals surface area (Å²) in [6, 6.07) is 15.3. The molecule has 0 aliphatic carbocycles. The van der Waals surface area contributed by atoms with Crippen LogP contribution < -0.4 is 20.9 Å². The maximum Gasteiger partial charge on any atom is 0.270 e. The lowest BCUT2D eigenvalue weighted by atomic mass is 10.0. The van der Waals surface area contributed by atoms with Crippen LogP contribution in [0.2, 0.25) is 0 Å². The minimum Gasteiger partial charge on any atom is -0.494 e. The van der Waals surface area contributed by atoms with E-state index in [9.17, 15) is 4.79 Å². The summed E-state index contributed by atoms with van der Waals surface area (Å²) in [5.41, 5.74) is 9.33. The molecular formula is C22H24N4O2S. The number of ether oxygens (including phenoxy) is 1. The summed E-state index contributed by atoms with van der Waals surface area (Å²) in [6.07, 6.45) is 0. The van der Waals surface area contributed by atoms with E-state index in [-0.39, 0.29) is 5.91 Å². The van der Waals surface area contributed by atoms with E-state index in [1.165, 1.54) is 0 Å². The van der Waals surface area contributed by atoms with Crippen molar-refractivity contribution >= 4 is 34.1 Å². The van der Waals surface area contributed by atoms with Crippen LogP contribution in [0, 0.1) is 6.92 Å². The Kier molecular flexibility index (Phi) is 6.61. The standard InChI is InChI=1S/C22H24N4O2S/c1-4-23-22(29)26-25-21(27)18-13-20(15-7-9-16(10-8-15)28-5-2)24-19-11-6-14(3)12-17(18)19/h6-13H,4-5H2,1-3H3,(H,25,27)(H2,23,26,29). The molecular weight excluding hydrogens is 384 g/mol. The molecule has 150 valence electrons. The van der Waals surface area contributed by atoms with Crippen LogP contribution in [-0.2, 0) is 0 Å². The molecule has 0 saturated carbocycles. The number of rotatable bonds is 5. The highest BCUT2D eigenvalue weighted by molar-refractivity contribution is 7.80. The Morgan fingerprint density at radius 3 is 2.52 bits per heavy atom. The van der Waals surface area contributed by atoms with E-state index in [1.807, 2.05) is 63.2 Å². The second-order valence-electron chi connectivity index (χ2n) is 6.47. The number of hydrazine groups is 1. The number of hydrogen-bond donors (Lipinski definition) is 3. The van der Waals surface area contributed by atoms with Gasteiger partial charge in [0.05, 0.1) is 23.4 Å². The van der Waals surface area contributed by atoms with Crippen molar-refractivity contribution in [3.8, 4) is 17.0 Å². The average Bonchev–Trinajstić information content (AvgIpc) is 2.72. The summed E-state index contributed by atoms with van der Waals surface area (Å²) in [5.74, 6) is 0.516. The smallest absolute Gasteiger partial charge is 0.270 e. The zero-order chi connectivity index (χ0) is 20.8. The Hall–Kier alpha value is -3.19. The molecule has 1 aromatic heterocycles. The number of pyridine rings is 1. The van der Waals surface area contributed by atoms with Gasteiger partial charge in [-0.1, -0.05) is 11.6 Å². The van der Waals surface area contributed by atoms with Crippen molar-refractivity contribution in [3.05, 3.63) is 59.7 Å². The van der Waals surface area contributed by atoms with Crippen LogP contribution in [0.5, 0.6) is 5.75 Å². The molecule has 3 N–H and O–H groups in total. The highest BCUT2D eigenvalue weighted by Crippen LogP contribution is 2.27. The van der Waals surface area contributed by atoms with Crippen LogP contribution in [0.25, 0.3) is 22.2 Å². The molecule has 0 aliphatic heterocycles. The molecule has 0 unspecified atom stereocenters. The molecule has 0 spiro atoms. The molecule has 0 radical (unpaired) electrons. The maximum atomic E-state index is 12.9. The van der Waals surface area contributed by atoms with Gasteiger partial charge in [-0.2, -0.15) is 0 Å². The van der Waals surface area contributed by atoms with Crippen LogP contribution in [0.15, 0.2) is 48.5 Å². The molecule has 29 heavy (non-hydrogen) atoms. The second kappa shape index (κ2) is 9.34. The molecule has 7 heteroatoms. The SMILES string of the molecule is CCNC(=S)NNC(=O)c1cc(-c2ccc(OCC)cc2)nc2ccc(C)cc12. The van der Waals surface area contributed by atoms with Crippen molar-refractivity contribution in [2.75, 3.05) is 13.2 Å². The first-order chi connectivity index (χ1) is 14.0. The third-order valence-corrected chi connectivity index (χ3v) is 4.54. The van der Waals surface area contributed by atoms with Gasteiger partial charge in [0.15, 0.2) is 5.11 Å². The molecule has 1 heterocycles. The Morgan fingerprint density at radius 1 is 1.07 bits per heavy atom. The maximum absolute atomic E-state index is 12.9. The number of nitrogens with one attached hydrogen (secondary N) is 3. The fourth-order valence-corrected chi connectivity index (χ4v) is 3.14. The number of fused-ring (bicyclic) bond motifs is 1. The summed E-state index contributed by atoms with van der Waals surface area (Å²) < 4.78 is 5.51. The van der Waals surface area contributed by atoms with Gasteiger partial charge in [0.25, 0.3) is 5.91 Å². The number of carbonyl (C=O) groups is 1. The second-order valence-corrected chi connectivity index (χ2v) is 6.88. The molecule has 3 rings (SSSR count). The number of benzene rings is 2. The largest absolute Gasteiger partial charge is 0.494 e. The molecule has 2 aromatic carbocycles. The van der Waals surface area contributed by atoms with Crippen molar-refractivity contribution in [3.63, 3.8) is 0 Å². The number of thiocarbonyl (C=S) groups is 1. The summed E-state index contributed by atoms with van der Waals surface area (Å²) in [7, 11) is 0. The number of aromatic nitrogens is 1. The third-order valence-electron chi connectivity index (χ3n) is 4.30. The van der Waals surface area contributed by atoms with Crippen LogP contribution in [0.4, 0.5) is 0 Å². The van der Waals surface area contributed by atoms with Gasteiger partial charge in [-0.05, 0) is 75.5 Å². The number of aryl methyl sites for hydroxylation is 1. The van der Waals surface area contributed by atoms with Gasteiger partial charge in [0.2, 0.25) is 0 Å². The lowest BCUT2D eigenvalue weighted by Crippen LogP contribution is -2.46.